The number of rotatable bonds is 4. The van der Waals surface area contributed by atoms with Gasteiger partial charge in [0, 0.05) is 6.08 Å². The van der Waals surface area contributed by atoms with E-state index in [1.807, 2.05) is 0 Å². The topological polar surface area (TPSA) is 55.7 Å². The van der Waals surface area contributed by atoms with Crippen molar-refractivity contribution in [3.8, 4) is 0 Å². The molecular weight excluding hydrogens is 146 g/mol. The standard InChI is InChI=1S/C7H9NO3/c1-2-11-7(10)4-3-5-8-6-9/h3-4H,2,5H2,1H3. The summed E-state index contributed by atoms with van der Waals surface area (Å²) >= 11 is 0. The highest BCUT2D eigenvalue weighted by Crippen LogP contribution is 1.80. The Morgan fingerprint density at radius 1 is 1.73 bits per heavy atom. The second kappa shape index (κ2) is 6.71. The third kappa shape index (κ3) is 6.48. The van der Waals surface area contributed by atoms with Gasteiger partial charge in [-0.05, 0) is 6.92 Å². The summed E-state index contributed by atoms with van der Waals surface area (Å²) in [5, 5.41) is 0. The van der Waals surface area contributed by atoms with E-state index in [1.165, 1.54) is 18.2 Å². The molecule has 0 fully saturated rings. The number of isocyanates is 1. The van der Waals surface area contributed by atoms with Gasteiger partial charge in [0.15, 0.2) is 0 Å². The maximum Gasteiger partial charge on any atom is 0.330 e. The van der Waals surface area contributed by atoms with Crippen LogP contribution in [-0.2, 0) is 14.3 Å². The second-order valence-electron chi connectivity index (χ2n) is 1.59. The fourth-order valence-corrected chi connectivity index (χ4v) is 0.429. The van der Waals surface area contributed by atoms with Crippen molar-refractivity contribution in [1.29, 1.82) is 0 Å². The molecule has 0 saturated carbocycles. The van der Waals surface area contributed by atoms with Crippen LogP contribution in [0.25, 0.3) is 0 Å². The maximum atomic E-state index is 10.6. The second-order valence-corrected chi connectivity index (χ2v) is 1.59. The van der Waals surface area contributed by atoms with E-state index < -0.39 is 5.97 Å². The van der Waals surface area contributed by atoms with Crippen molar-refractivity contribution in [3.05, 3.63) is 12.2 Å². The first-order valence-electron chi connectivity index (χ1n) is 3.18. The lowest BCUT2D eigenvalue weighted by atomic mass is 10.5. The molecule has 0 aliphatic carbocycles. The molecule has 0 aliphatic rings. The third-order valence-corrected chi connectivity index (χ3v) is 0.802. The molecule has 0 aliphatic heterocycles. The van der Waals surface area contributed by atoms with Crippen molar-refractivity contribution in [1.82, 2.24) is 0 Å². The normalized spacial score (nSPS) is 9.18. The Morgan fingerprint density at radius 3 is 3.00 bits per heavy atom. The molecule has 0 N–H and O–H groups in total. The van der Waals surface area contributed by atoms with Gasteiger partial charge in [-0.15, -0.1) is 0 Å². The minimum atomic E-state index is -0.423. The summed E-state index contributed by atoms with van der Waals surface area (Å²) in [6.45, 7) is 2.23. The molecule has 0 amide bonds. The van der Waals surface area contributed by atoms with Crippen LogP contribution < -0.4 is 0 Å². The van der Waals surface area contributed by atoms with Gasteiger partial charge in [0.25, 0.3) is 0 Å². The summed E-state index contributed by atoms with van der Waals surface area (Å²) in [6, 6.07) is 0. The highest BCUT2D eigenvalue weighted by Gasteiger charge is 1.90. The molecule has 0 radical (unpaired) electrons. The van der Waals surface area contributed by atoms with E-state index in [9.17, 15) is 9.59 Å². The van der Waals surface area contributed by atoms with Crippen molar-refractivity contribution in [2.45, 2.75) is 6.92 Å². The number of esters is 1. The quantitative estimate of drug-likeness (QED) is 0.256. The fraction of sp³-hybridized carbons (Fsp3) is 0.429. The molecule has 4 nitrogen and oxygen atoms in total. The molecule has 0 saturated heterocycles. The molecule has 0 aromatic heterocycles. The van der Waals surface area contributed by atoms with E-state index in [0.717, 1.165) is 0 Å². The van der Waals surface area contributed by atoms with Crippen LogP contribution in [0.3, 0.4) is 0 Å². The zero-order valence-electron chi connectivity index (χ0n) is 6.24. The lowest BCUT2D eigenvalue weighted by molar-refractivity contribution is -0.137. The van der Waals surface area contributed by atoms with E-state index in [-0.39, 0.29) is 6.54 Å². The van der Waals surface area contributed by atoms with Crippen LogP contribution in [0, 0.1) is 0 Å². The van der Waals surface area contributed by atoms with Crippen LogP contribution in [0.1, 0.15) is 6.92 Å². The number of ether oxygens (including phenoxy) is 1. The SMILES string of the molecule is CCOC(=O)C=CCN=C=O. The molecule has 11 heavy (non-hydrogen) atoms. The van der Waals surface area contributed by atoms with Gasteiger partial charge >= 0.3 is 5.97 Å². The van der Waals surface area contributed by atoms with Crippen LogP contribution in [0.4, 0.5) is 0 Å². The third-order valence-electron chi connectivity index (χ3n) is 0.802. The van der Waals surface area contributed by atoms with Crippen molar-refractivity contribution in [3.63, 3.8) is 0 Å². The summed E-state index contributed by atoms with van der Waals surface area (Å²) in [4.78, 5) is 23.3. The van der Waals surface area contributed by atoms with E-state index in [1.54, 1.807) is 6.92 Å². The van der Waals surface area contributed by atoms with Gasteiger partial charge in [0.05, 0.1) is 13.2 Å². The first-order valence-corrected chi connectivity index (χ1v) is 3.18. The van der Waals surface area contributed by atoms with Gasteiger partial charge in [-0.1, -0.05) is 6.08 Å². The Balaban J connectivity index is 3.56. The van der Waals surface area contributed by atoms with Gasteiger partial charge < -0.3 is 4.74 Å². The number of aliphatic imine (C=N–C) groups is 1. The number of hydrogen-bond acceptors (Lipinski definition) is 4. The summed E-state index contributed by atoms with van der Waals surface area (Å²) in [5.74, 6) is -0.423. The fourth-order valence-electron chi connectivity index (χ4n) is 0.429. The van der Waals surface area contributed by atoms with Crippen LogP contribution in [-0.4, -0.2) is 25.2 Å². The van der Waals surface area contributed by atoms with Gasteiger partial charge in [-0.25, -0.2) is 14.6 Å². The summed E-state index contributed by atoms with van der Waals surface area (Å²) in [6.07, 6.45) is 4.01. The minimum absolute atomic E-state index is 0.169. The molecule has 0 rings (SSSR count). The molecule has 0 unspecified atom stereocenters. The van der Waals surface area contributed by atoms with Gasteiger partial charge in [-0.3, -0.25) is 0 Å². The summed E-state index contributed by atoms with van der Waals surface area (Å²) < 4.78 is 4.56. The average molecular weight is 155 g/mol. The molecule has 4 heteroatoms. The molecule has 0 aromatic carbocycles. The van der Waals surface area contributed by atoms with Crippen molar-refractivity contribution >= 4 is 12.0 Å². The van der Waals surface area contributed by atoms with Crippen LogP contribution >= 0.6 is 0 Å². The lowest BCUT2D eigenvalue weighted by Crippen LogP contribution is -1.98. The molecule has 60 valence electrons. The Hall–Kier alpha value is -1.41. The molecule has 0 aromatic rings. The van der Waals surface area contributed by atoms with Crippen LogP contribution in [0.15, 0.2) is 17.1 Å². The number of nitrogens with zero attached hydrogens (tertiary/aromatic N) is 1. The zero-order chi connectivity index (χ0) is 8.53. The summed E-state index contributed by atoms with van der Waals surface area (Å²) in [5.41, 5.74) is 0. The number of hydrogen-bond donors (Lipinski definition) is 0. The van der Waals surface area contributed by atoms with E-state index >= 15 is 0 Å². The van der Waals surface area contributed by atoms with Gasteiger partial charge in [-0.2, -0.15) is 0 Å². The smallest absolute Gasteiger partial charge is 0.330 e. The van der Waals surface area contributed by atoms with Crippen molar-refractivity contribution < 1.29 is 14.3 Å². The number of carbonyl (C=O) groups is 1. The van der Waals surface area contributed by atoms with Crippen LogP contribution in [0.5, 0.6) is 0 Å². The maximum absolute atomic E-state index is 10.6. The Bertz CT molecular complexity index is 192. The van der Waals surface area contributed by atoms with Gasteiger partial charge in [0.2, 0.25) is 6.08 Å². The summed E-state index contributed by atoms with van der Waals surface area (Å²) in [7, 11) is 0. The molecule has 0 heterocycles. The average Bonchev–Trinajstić information content (AvgIpc) is 1.99. The molecule has 0 atom stereocenters. The highest BCUT2D eigenvalue weighted by molar-refractivity contribution is 5.81. The Labute approximate surface area is 64.6 Å². The van der Waals surface area contributed by atoms with Gasteiger partial charge in [0.1, 0.15) is 0 Å². The first-order chi connectivity index (χ1) is 5.31. The lowest BCUT2D eigenvalue weighted by Gasteiger charge is -1.92. The Morgan fingerprint density at radius 2 is 2.45 bits per heavy atom. The van der Waals surface area contributed by atoms with E-state index in [4.69, 9.17) is 0 Å². The van der Waals surface area contributed by atoms with E-state index in [2.05, 4.69) is 9.73 Å². The highest BCUT2D eigenvalue weighted by atomic mass is 16.5. The van der Waals surface area contributed by atoms with Crippen molar-refractivity contribution in [2.75, 3.05) is 13.2 Å². The predicted molar refractivity (Wildman–Crippen MR) is 38.8 cm³/mol. The zero-order valence-corrected chi connectivity index (χ0v) is 6.24. The van der Waals surface area contributed by atoms with E-state index in [0.29, 0.717) is 6.61 Å². The largest absolute Gasteiger partial charge is 0.463 e. The predicted octanol–water partition coefficient (Wildman–Crippen LogP) is 0.442. The molecule has 0 spiro atoms. The van der Waals surface area contributed by atoms with Crippen molar-refractivity contribution in [2.24, 2.45) is 4.99 Å². The Kier molecular flexibility index (Phi) is 5.85. The number of carbonyl (C=O) groups excluding carboxylic acids is 2. The van der Waals surface area contributed by atoms with Crippen LogP contribution in [0.2, 0.25) is 0 Å². The molecule has 0 bridgehead atoms. The minimum Gasteiger partial charge on any atom is -0.463 e. The monoisotopic (exact) mass is 155 g/mol. The molecular formula is C7H9NO3. The first kappa shape index (κ1) is 9.59.